The van der Waals surface area contributed by atoms with Gasteiger partial charge in [0.25, 0.3) is 5.91 Å². The quantitative estimate of drug-likeness (QED) is 0.905. The van der Waals surface area contributed by atoms with Crippen LogP contribution in [0.4, 0.5) is 0 Å². The Balaban J connectivity index is 2.21. The fourth-order valence-electron chi connectivity index (χ4n) is 2.54. The molecule has 23 heavy (non-hydrogen) atoms. The van der Waals surface area contributed by atoms with Crippen molar-refractivity contribution in [3.63, 3.8) is 0 Å². The molecule has 2 aromatic rings. The average Bonchev–Trinajstić information content (AvgIpc) is 2.52. The number of para-hydroxylation sites is 1. The van der Waals surface area contributed by atoms with Gasteiger partial charge in [-0.25, -0.2) is 0 Å². The van der Waals surface area contributed by atoms with Crippen molar-refractivity contribution in [1.29, 1.82) is 0 Å². The minimum absolute atomic E-state index is 0.0544. The van der Waals surface area contributed by atoms with Gasteiger partial charge in [0.2, 0.25) is 0 Å². The van der Waals surface area contributed by atoms with E-state index in [2.05, 4.69) is 20.8 Å². The number of nitrogens with zero attached hydrogens (tertiary/aromatic N) is 1. The Kier molecular flexibility index (Phi) is 4.79. The highest BCUT2D eigenvalue weighted by molar-refractivity contribution is 5.94. The van der Waals surface area contributed by atoms with Crippen molar-refractivity contribution >= 4 is 5.91 Å². The topological polar surface area (TPSA) is 40.5 Å². The summed E-state index contributed by atoms with van der Waals surface area (Å²) in [5.41, 5.74) is 2.67. The van der Waals surface area contributed by atoms with Crippen LogP contribution in [0.1, 0.15) is 55.2 Å². The van der Waals surface area contributed by atoms with E-state index in [0.717, 1.165) is 5.56 Å². The molecule has 2 aromatic carbocycles. The van der Waals surface area contributed by atoms with Gasteiger partial charge in [0.15, 0.2) is 0 Å². The molecule has 0 saturated carbocycles. The van der Waals surface area contributed by atoms with Crippen molar-refractivity contribution in [3.05, 3.63) is 65.2 Å². The molecule has 3 nitrogen and oxygen atoms in total. The summed E-state index contributed by atoms with van der Waals surface area (Å²) < 4.78 is 0. The van der Waals surface area contributed by atoms with Crippen LogP contribution in [0.5, 0.6) is 5.75 Å². The average molecular weight is 311 g/mol. The molecule has 0 aromatic heterocycles. The maximum Gasteiger partial charge on any atom is 0.254 e. The van der Waals surface area contributed by atoms with E-state index in [1.54, 1.807) is 24.1 Å². The highest BCUT2D eigenvalue weighted by Gasteiger charge is 2.21. The largest absolute Gasteiger partial charge is 0.508 e. The lowest BCUT2D eigenvalue weighted by Crippen LogP contribution is -2.29. The SMILES string of the molecule is CC(c1ccccc1O)N(C)C(=O)c1ccc(C(C)(C)C)cc1. The van der Waals surface area contributed by atoms with Crippen LogP contribution in [0.2, 0.25) is 0 Å². The van der Waals surface area contributed by atoms with Crippen LogP contribution in [-0.4, -0.2) is 23.0 Å². The maximum absolute atomic E-state index is 12.7. The van der Waals surface area contributed by atoms with Gasteiger partial charge in [-0.3, -0.25) is 4.79 Å². The molecular weight excluding hydrogens is 286 g/mol. The van der Waals surface area contributed by atoms with Gasteiger partial charge in [-0.2, -0.15) is 0 Å². The number of hydrogen-bond acceptors (Lipinski definition) is 2. The molecule has 3 heteroatoms. The number of hydrogen-bond donors (Lipinski definition) is 1. The van der Waals surface area contributed by atoms with Crippen molar-refractivity contribution < 1.29 is 9.90 Å². The fraction of sp³-hybridized carbons (Fsp3) is 0.350. The second kappa shape index (κ2) is 6.45. The Hall–Kier alpha value is -2.29. The molecule has 1 unspecified atom stereocenters. The van der Waals surface area contributed by atoms with Crippen molar-refractivity contribution in [2.24, 2.45) is 0 Å². The normalized spacial score (nSPS) is 12.7. The van der Waals surface area contributed by atoms with Gasteiger partial charge < -0.3 is 10.0 Å². The van der Waals surface area contributed by atoms with Gasteiger partial charge in [-0.1, -0.05) is 51.1 Å². The zero-order valence-corrected chi connectivity index (χ0v) is 14.5. The van der Waals surface area contributed by atoms with Crippen molar-refractivity contribution in [2.75, 3.05) is 7.05 Å². The summed E-state index contributed by atoms with van der Waals surface area (Å²) in [7, 11) is 1.76. The van der Waals surface area contributed by atoms with Crippen LogP contribution in [0.25, 0.3) is 0 Å². The standard InChI is InChI=1S/C20H25NO2/c1-14(17-8-6-7-9-18(17)22)21(5)19(23)15-10-12-16(13-11-15)20(2,3)4/h6-14,22H,1-5H3. The lowest BCUT2D eigenvalue weighted by molar-refractivity contribution is 0.0741. The summed E-state index contributed by atoms with van der Waals surface area (Å²) in [6.07, 6.45) is 0. The van der Waals surface area contributed by atoms with Crippen molar-refractivity contribution in [2.45, 2.75) is 39.2 Å². The van der Waals surface area contributed by atoms with Gasteiger partial charge in [0, 0.05) is 18.2 Å². The van der Waals surface area contributed by atoms with E-state index in [9.17, 15) is 9.90 Å². The highest BCUT2D eigenvalue weighted by atomic mass is 16.3. The van der Waals surface area contributed by atoms with E-state index in [1.807, 2.05) is 43.3 Å². The van der Waals surface area contributed by atoms with Gasteiger partial charge in [-0.05, 0) is 36.1 Å². The predicted molar refractivity (Wildman–Crippen MR) is 93.8 cm³/mol. The summed E-state index contributed by atoms with van der Waals surface area (Å²) in [6.45, 7) is 8.36. The zero-order valence-electron chi connectivity index (χ0n) is 14.5. The summed E-state index contributed by atoms with van der Waals surface area (Å²) in [5.74, 6) is 0.156. The van der Waals surface area contributed by atoms with E-state index in [0.29, 0.717) is 5.56 Å². The fourth-order valence-corrected chi connectivity index (χ4v) is 2.54. The van der Waals surface area contributed by atoms with Crippen molar-refractivity contribution in [1.82, 2.24) is 4.90 Å². The third-order valence-electron chi connectivity index (χ3n) is 4.29. The number of carbonyl (C=O) groups excluding carboxylic acids is 1. The summed E-state index contributed by atoms with van der Waals surface area (Å²) in [4.78, 5) is 14.3. The minimum atomic E-state index is -0.203. The van der Waals surface area contributed by atoms with Gasteiger partial charge in [-0.15, -0.1) is 0 Å². The molecule has 0 spiro atoms. The molecule has 1 atom stereocenters. The summed E-state index contributed by atoms with van der Waals surface area (Å²) in [5, 5.41) is 9.97. The molecule has 2 rings (SSSR count). The molecule has 0 radical (unpaired) electrons. The molecule has 0 aliphatic carbocycles. The first kappa shape index (κ1) is 17.1. The number of rotatable bonds is 3. The van der Waals surface area contributed by atoms with Crippen LogP contribution in [-0.2, 0) is 5.41 Å². The lowest BCUT2D eigenvalue weighted by Gasteiger charge is -2.26. The second-order valence-corrected chi connectivity index (χ2v) is 6.98. The number of aromatic hydroxyl groups is 1. The Morgan fingerprint density at radius 3 is 2.13 bits per heavy atom. The third kappa shape index (κ3) is 3.73. The van der Waals surface area contributed by atoms with Crippen LogP contribution in [0.3, 0.4) is 0 Å². The van der Waals surface area contributed by atoms with Gasteiger partial charge >= 0.3 is 0 Å². The number of carbonyl (C=O) groups is 1. The van der Waals surface area contributed by atoms with Gasteiger partial charge in [0.05, 0.1) is 6.04 Å². The first-order chi connectivity index (χ1) is 10.7. The first-order valence-corrected chi connectivity index (χ1v) is 7.87. The zero-order chi connectivity index (χ0) is 17.2. The molecule has 122 valence electrons. The predicted octanol–water partition coefficient (Wildman–Crippen LogP) is 4.52. The third-order valence-corrected chi connectivity index (χ3v) is 4.29. The number of amides is 1. The Morgan fingerprint density at radius 1 is 1.04 bits per heavy atom. The molecule has 0 bridgehead atoms. The van der Waals surface area contributed by atoms with E-state index >= 15 is 0 Å². The number of phenolic OH excluding ortho intramolecular Hbond substituents is 1. The van der Waals surface area contributed by atoms with Crippen molar-refractivity contribution in [3.8, 4) is 5.75 Å². The van der Waals surface area contributed by atoms with Crippen LogP contribution in [0.15, 0.2) is 48.5 Å². The van der Waals surface area contributed by atoms with Crippen LogP contribution in [0, 0.1) is 0 Å². The summed E-state index contributed by atoms with van der Waals surface area (Å²) in [6, 6.07) is 14.7. The molecule has 0 fully saturated rings. The van der Waals surface area contributed by atoms with Gasteiger partial charge in [0.1, 0.15) is 5.75 Å². The maximum atomic E-state index is 12.7. The molecule has 0 heterocycles. The van der Waals surface area contributed by atoms with E-state index in [1.165, 1.54) is 5.56 Å². The molecule has 1 amide bonds. The lowest BCUT2D eigenvalue weighted by atomic mass is 9.86. The van der Waals surface area contributed by atoms with E-state index < -0.39 is 0 Å². The molecule has 1 N–H and O–H groups in total. The monoisotopic (exact) mass is 311 g/mol. The molecular formula is C20H25NO2. The number of benzene rings is 2. The van der Waals surface area contributed by atoms with Crippen LogP contribution >= 0.6 is 0 Å². The first-order valence-electron chi connectivity index (χ1n) is 7.87. The summed E-state index contributed by atoms with van der Waals surface area (Å²) >= 11 is 0. The Morgan fingerprint density at radius 2 is 1.61 bits per heavy atom. The minimum Gasteiger partial charge on any atom is -0.508 e. The molecule has 0 aliphatic heterocycles. The smallest absolute Gasteiger partial charge is 0.254 e. The highest BCUT2D eigenvalue weighted by Crippen LogP contribution is 2.28. The molecule has 0 saturated heterocycles. The molecule has 0 aliphatic rings. The number of phenols is 1. The van der Waals surface area contributed by atoms with E-state index in [-0.39, 0.29) is 23.1 Å². The Bertz CT molecular complexity index is 684. The Labute approximate surface area is 138 Å². The van der Waals surface area contributed by atoms with E-state index in [4.69, 9.17) is 0 Å². The second-order valence-electron chi connectivity index (χ2n) is 6.98. The van der Waals surface area contributed by atoms with Crippen LogP contribution < -0.4 is 0 Å².